The maximum Gasteiger partial charge on any atom is 0.143 e. The van der Waals surface area contributed by atoms with E-state index in [9.17, 15) is 0 Å². The Morgan fingerprint density at radius 1 is 0.900 bits per heavy atom. The molecule has 0 radical (unpaired) electrons. The predicted octanol–water partition coefficient (Wildman–Crippen LogP) is 3.48. The molecule has 2 aromatic rings. The second-order valence-electron chi connectivity index (χ2n) is 7.30. The second-order valence-corrected chi connectivity index (χ2v) is 7.30. The first-order valence-corrected chi connectivity index (χ1v) is 9.70. The number of hydrogen-bond acceptors (Lipinski definition) is 6. The summed E-state index contributed by atoms with van der Waals surface area (Å²) >= 11 is 0. The average molecular weight is 416 g/mol. The lowest BCUT2D eigenvalue weighted by Gasteiger charge is -2.34. The zero-order valence-electron chi connectivity index (χ0n) is 18.7. The van der Waals surface area contributed by atoms with Crippen LogP contribution < -0.4 is 31.6 Å². The molecule has 0 bridgehead atoms. The van der Waals surface area contributed by atoms with Gasteiger partial charge in [0, 0.05) is 23.5 Å². The molecule has 0 fully saturated rings. The van der Waals surface area contributed by atoms with Crippen LogP contribution in [0.4, 0.5) is 22.7 Å². The molecule has 0 saturated heterocycles. The van der Waals surface area contributed by atoms with Crippen molar-refractivity contribution in [3.63, 3.8) is 0 Å². The molecule has 2 aromatic carbocycles. The number of nitrogen functional groups attached to an aromatic ring is 2. The summed E-state index contributed by atoms with van der Waals surface area (Å²) < 4.78 is 11.4. The van der Waals surface area contributed by atoms with Crippen LogP contribution >= 0.6 is 0 Å². The number of hydrogen-bond donors (Lipinski definition) is 4. The van der Waals surface area contributed by atoms with Gasteiger partial charge in [-0.2, -0.15) is 0 Å². The van der Waals surface area contributed by atoms with Crippen molar-refractivity contribution in [1.82, 2.24) is 0 Å². The van der Waals surface area contributed by atoms with Crippen LogP contribution in [0.3, 0.4) is 0 Å². The Kier molecular flexibility index (Phi) is 9.84. The molecule has 2 rings (SSSR count). The summed E-state index contributed by atoms with van der Waals surface area (Å²) in [5.41, 5.74) is 15.0. The number of methoxy groups -OCH3 is 2. The van der Waals surface area contributed by atoms with Gasteiger partial charge in [0.1, 0.15) is 11.5 Å². The van der Waals surface area contributed by atoms with Gasteiger partial charge in [0.2, 0.25) is 0 Å². The fraction of sp³-hybridized carbons (Fsp3) is 0.348. The van der Waals surface area contributed by atoms with Crippen LogP contribution in [0.15, 0.2) is 49.1 Å². The van der Waals surface area contributed by atoms with Gasteiger partial charge in [-0.1, -0.05) is 6.58 Å². The largest absolute Gasteiger partial charge is 0.495 e. The fourth-order valence-electron chi connectivity index (χ4n) is 3.19. The van der Waals surface area contributed by atoms with Gasteiger partial charge < -0.3 is 43.5 Å². The number of quaternary nitrogens is 1. The monoisotopic (exact) mass is 415 g/mol. The standard InChI is InChI=1S/C22H34N5O2.CH3/c1-5-12-27(2,13-10-25-17-6-8-19(23)21(15-17)28-3)14-11-26-18-7-9-20(24)22(16-18)29-4;/h5-9,15-16,25-26H,1,10-14,23-24H2,2-4H3;1H3/q+1;-1. The topological polar surface area (TPSA) is 94.6 Å². The van der Waals surface area contributed by atoms with Crippen LogP contribution in [0.2, 0.25) is 0 Å². The molecule has 7 nitrogen and oxygen atoms in total. The number of nitrogens with zero attached hydrogens (tertiary/aromatic N) is 1. The lowest BCUT2D eigenvalue weighted by molar-refractivity contribution is -0.900. The highest BCUT2D eigenvalue weighted by Gasteiger charge is 2.19. The molecule has 7 heteroatoms. The van der Waals surface area contributed by atoms with E-state index in [1.165, 1.54) is 0 Å². The van der Waals surface area contributed by atoms with Crippen molar-refractivity contribution in [3.8, 4) is 11.5 Å². The minimum absolute atomic E-state index is 0. The third kappa shape index (κ3) is 7.08. The molecular weight excluding hydrogens is 378 g/mol. The summed E-state index contributed by atoms with van der Waals surface area (Å²) in [6.45, 7) is 8.37. The van der Waals surface area contributed by atoms with E-state index in [-0.39, 0.29) is 7.43 Å². The van der Waals surface area contributed by atoms with Gasteiger partial charge >= 0.3 is 0 Å². The van der Waals surface area contributed by atoms with Gasteiger partial charge in [-0.05, 0) is 30.3 Å². The smallest absolute Gasteiger partial charge is 0.143 e. The first-order valence-electron chi connectivity index (χ1n) is 9.70. The minimum atomic E-state index is 0. The summed E-state index contributed by atoms with van der Waals surface area (Å²) in [6, 6.07) is 11.5. The lowest BCUT2D eigenvalue weighted by atomic mass is 10.2. The minimum Gasteiger partial charge on any atom is -0.495 e. The Labute approximate surface area is 181 Å². The van der Waals surface area contributed by atoms with E-state index in [2.05, 4.69) is 24.3 Å². The summed E-state index contributed by atoms with van der Waals surface area (Å²) in [6.07, 6.45) is 1.97. The molecule has 166 valence electrons. The Morgan fingerprint density at radius 2 is 1.33 bits per heavy atom. The average Bonchev–Trinajstić information content (AvgIpc) is 2.70. The molecule has 30 heavy (non-hydrogen) atoms. The molecule has 0 spiro atoms. The van der Waals surface area contributed by atoms with Gasteiger partial charge in [0.05, 0.1) is 65.4 Å². The van der Waals surface area contributed by atoms with Crippen LogP contribution in [0.25, 0.3) is 0 Å². The van der Waals surface area contributed by atoms with Gasteiger partial charge in [-0.25, -0.2) is 0 Å². The van der Waals surface area contributed by atoms with Crippen molar-refractivity contribution in [3.05, 3.63) is 56.5 Å². The Morgan fingerprint density at radius 3 is 1.70 bits per heavy atom. The highest BCUT2D eigenvalue weighted by atomic mass is 16.5. The molecule has 0 heterocycles. The number of rotatable bonds is 12. The van der Waals surface area contributed by atoms with E-state index in [1.807, 2.05) is 42.5 Å². The Hall–Kier alpha value is -3.06. The van der Waals surface area contributed by atoms with E-state index in [4.69, 9.17) is 20.9 Å². The van der Waals surface area contributed by atoms with E-state index in [1.54, 1.807) is 14.2 Å². The van der Waals surface area contributed by atoms with Crippen molar-refractivity contribution >= 4 is 22.7 Å². The summed E-state index contributed by atoms with van der Waals surface area (Å²) in [5.74, 6) is 1.36. The quantitative estimate of drug-likeness (QED) is 0.184. The van der Waals surface area contributed by atoms with E-state index in [0.717, 1.165) is 48.6 Å². The van der Waals surface area contributed by atoms with Crippen molar-refractivity contribution in [2.24, 2.45) is 0 Å². The normalized spacial score (nSPS) is 10.6. The summed E-state index contributed by atoms with van der Waals surface area (Å²) in [5, 5.41) is 6.91. The van der Waals surface area contributed by atoms with Crippen molar-refractivity contribution < 1.29 is 14.0 Å². The number of nitrogens with two attached hydrogens (primary N) is 2. The fourth-order valence-corrected chi connectivity index (χ4v) is 3.19. The second kappa shape index (κ2) is 11.8. The van der Waals surface area contributed by atoms with Crippen molar-refractivity contribution in [2.45, 2.75) is 0 Å². The number of ether oxygens (including phenoxy) is 2. The number of likely N-dealkylation sites (N-methyl/N-ethyl adjacent to an activating group) is 1. The third-order valence-corrected chi connectivity index (χ3v) is 5.00. The molecular formula is C23H37N5O2. The lowest BCUT2D eigenvalue weighted by Crippen LogP contribution is -2.49. The van der Waals surface area contributed by atoms with Crippen molar-refractivity contribution in [1.29, 1.82) is 0 Å². The van der Waals surface area contributed by atoms with Crippen LogP contribution in [0.1, 0.15) is 0 Å². The first kappa shape index (κ1) is 25.0. The van der Waals surface area contributed by atoms with Gasteiger partial charge in [0.15, 0.2) is 0 Å². The molecule has 0 saturated carbocycles. The van der Waals surface area contributed by atoms with Gasteiger partial charge in [-0.15, -0.1) is 0 Å². The van der Waals surface area contributed by atoms with Crippen LogP contribution in [-0.2, 0) is 0 Å². The van der Waals surface area contributed by atoms with Crippen LogP contribution in [0.5, 0.6) is 11.5 Å². The van der Waals surface area contributed by atoms with Crippen LogP contribution in [-0.4, -0.2) is 58.5 Å². The van der Waals surface area contributed by atoms with E-state index >= 15 is 0 Å². The summed E-state index contributed by atoms with van der Waals surface area (Å²) in [7, 11) is 5.48. The number of nitrogens with one attached hydrogen (secondary N) is 2. The molecule has 0 aliphatic carbocycles. The third-order valence-electron chi connectivity index (χ3n) is 5.00. The van der Waals surface area contributed by atoms with E-state index in [0.29, 0.717) is 22.9 Å². The predicted molar refractivity (Wildman–Crippen MR) is 129 cm³/mol. The Balaban J connectivity index is 0.00000450. The van der Waals surface area contributed by atoms with Crippen molar-refractivity contribution in [2.75, 3.05) is 76.1 Å². The maximum absolute atomic E-state index is 5.88. The highest BCUT2D eigenvalue weighted by molar-refractivity contribution is 5.62. The molecule has 0 aliphatic heterocycles. The van der Waals surface area contributed by atoms with Crippen LogP contribution in [0, 0.1) is 7.43 Å². The molecule has 0 atom stereocenters. The van der Waals surface area contributed by atoms with E-state index < -0.39 is 0 Å². The maximum atomic E-state index is 5.88. The number of benzene rings is 2. The molecule has 6 N–H and O–H groups in total. The highest BCUT2D eigenvalue weighted by Crippen LogP contribution is 2.25. The molecule has 0 aliphatic rings. The van der Waals surface area contributed by atoms with Gasteiger partial charge in [0.25, 0.3) is 0 Å². The van der Waals surface area contributed by atoms with Gasteiger partial charge in [-0.3, -0.25) is 0 Å². The summed E-state index contributed by atoms with van der Waals surface area (Å²) in [4.78, 5) is 0. The zero-order valence-corrected chi connectivity index (χ0v) is 18.7. The first-order chi connectivity index (χ1) is 13.9. The Bertz CT molecular complexity index is 751. The SMILES string of the molecule is C=CC[N+](C)(CCNc1ccc(N)c(OC)c1)CCNc1ccc(N)c(OC)c1.[CH3-]. The zero-order chi connectivity index (χ0) is 21.3. The molecule has 0 aromatic heterocycles. The number of anilines is 4. The molecule has 0 amide bonds. The molecule has 0 unspecified atom stereocenters.